The van der Waals surface area contributed by atoms with E-state index in [1.165, 1.54) is 21.5 Å². The molecule has 0 saturated carbocycles. The van der Waals surface area contributed by atoms with Crippen molar-refractivity contribution in [3.05, 3.63) is 140 Å². The minimum Gasteiger partial charge on any atom is -0.0988 e. The number of allylic oxidation sites excluding steroid dienone is 1. The van der Waals surface area contributed by atoms with E-state index in [9.17, 15) is 0 Å². The predicted molar refractivity (Wildman–Crippen MR) is 125 cm³/mol. The summed E-state index contributed by atoms with van der Waals surface area (Å²) in [4.78, 5) is 0. The molecule has 0 bridgehead atoms. The van der Waals surface area contributed by atoms with E-state index in [0.717, 1.165) is 0 Å². The van der Waals surface area contributed by atoms with Gasteiger partial charge in [0.15, 0.2) is 0 Å². The molecule has 0 fully saturated rings. The van der Waals surface area contributed by atoms with Crippen LogP contribution in [0.1, 0.15) is 11.2 Å². The molecule has 28 heavy (non-hydrogen) atoms. The van der Waals surface area contributed by atoms with Crippen LogP contribution >= 0.6 is 7.26 Å². The molecule has 0 aliphatic rings. The third-order valence-corrected chi connectivity index (χ3v) is 9.95. The maximum Gasteiger partial charge on any atom is 0.126 e. The number of benzene rings is 4. The molecule has 0 aromatic heterocycles. The quantitative estimate of drug-likeness (QED) is 0.289. The molecule has 1 heteroatoms. The highest BCUT2D eigenvalue weighted by molar-refractivity contribution is 7.96. The minimum absolute atomic E-state index is 0.195. The van der Waals surface area contributed by atoms with Crippen molar-refractivity contribution in [1.82, 2.24) is 0 Å². The van der Waals surface area contributed by atoms with Crippen LogP contribution in [0.5, 0.6) is 0 Å². The summed E-state index contributed by atoms with van der Waals surface area (Å²) in [6, 6.07) is 43.7. The summed E-state index contributed by atoms with van der Waals surface area (Å²) in [5.74, 6) is 0. The van der Waals surface area contributed by atoms with Crippen LogP contribution in [0.2, 0.25) is 0 Å². The van der Waals surface area contributed by atoms with Crippen molar-refractivity contribution in [1.29, 1.82) is 0 Å². The summed E-state index contributed by atoms with van der Waals surface area (Å²) in [5, 5.41) is 4.13. The highest BCUT2D eigenvalue weighted by Gasteiger charge is 2.51. The van der Waals surface area contributed by atoms with Gasteiger partial charge in [-0.15, -0.1) is 0 Å². The first kappa shape index (κ1) is 18.4. The van der Waals surface area contributed by atoms with E-state index in [2.05, 4.69) is 134 Å². The summed E-state index contributed by atoms with van der Waals surface area (Å²) < 4.78 is 0. The maximum atomic E-state index is 4.31. The third-order valence-electron chi connectivity index (χ3n) is 5.27. The molecule has 1 atom stereocenters. The summed E-state index contributed by atoms with van der Waals surface area (Å²) in [7, 11) is -2.00. The Morgan fingerprint density at radius 3 is 1.14 bits per heavy atom. The van der Waals surface area contributed by atoms with Crippen LogP contribution in [-0.2, 0) is 0 Å². The molecule has 136 valence electrons. The van der Waals surface area contributed by atoms with Gasteiger partial charge >= 0.3 is 0 Å². The highest BCUT2D eigenvalue weighted by Crippen LogP contribution is 2.67. The first-order chi connectivity index (χ1) is 13.9. The van der Waals surface area contributed by atoms with E-state index in [-0.39, 0.29) is 5.66 Å². The summed E-state index contributed by atoms with van der Waals surface area (Å²) >= 11 is 0. The predicted octanol–water partition coefficient (Wildman–Crippen LogP) is 5.91. The molecule has 0 nitrogen and oxygen atoms in total. The van der Waals surface area contributed by atoms with Crippen molar-refractivity contribution in [2.45, 2.75) is 5.66 Å². The molecule has 0 heterocycles. The van der Waals surface area contributed by atoms with Crippen LogP contribution in [0.4, 0.5) is 0 Å². The van der Waals surface area contributed by atoms with Gasteiger partial charge in [0.1, 0.15) is 28.8 Å². The van der Waals surface area contributed by atoms with Crippen molar-refractivity contribution >= 4 is 23.2 Å². The van der Waals surface area contributed by atoms with Gasteiger partial charge in [0.25, 0.3) is 0 Å². The van der Waals surface area contributed by atoms with E-state index >= 15 is 0 Å². The van der Waals surface area contributed by atoms with E-state index in [1.807, 2.05) is 0 Å². The van der Waals surface area contributed by atoms with Crippen molar-refractivity contribution in [3.63, 3.8) is 0 Å². The van der Waals surface area contributed by atoms with Crippen molar-refractivity contribution in [2.75, 3.05) is 0 Å². The minimum atomic E-state index is -2.00. The van der Waals surface area contributed by atoms with Crippen molar-refractivity contribution in [3.8, 4) is 0 Å². The summed E-state index contributed by atoms with van der Waals surface area (Å²) in [6.45, 7) is 4.31. The van der Waals surface area contributed by atoms with E-state index < -0.39 is 7.26 Å². The van der Waals surface area contributed by atoms with Gasteiger partial charge in [-0.05, 0) is 48.0 Å². The lowest BCUT2D eigenvalue weighted by molar-refractivity contribution is 1.21. The fourth-order valence-corrected chi connectivity index (χ4v) is 8.81. The smallest absolute Gasteiger partial charge is 0.0988 e. The standard InChI is InChI=1S/C27H24P/c1-2-27(23-15-7-3-8-16-23)28(24-17-9-4-10-18-24,25-19-11-5-12-20-25)26-21-13-6-14-22-26/h2-22,27H,1H2/q+1. The monoisotopic (exact) mass is 379 g/mol. The maximum absolute atomic E-state index is 4.31. The molecule has 0 aliphatic heterocycles. The first-order valence-electron chi connectivity index (χ1n) is 9.60. The second kappa shape index (κ2) is 8.38. The SMILES string of the molecule is C=CC(c1ccccc1)[P+](c1ccccc1)(c1ccccc1)c1ccccc1. The summed E-state index contributed by atoms with van der Waals surface area (Å²) in [6.07, 6.45) is 2.15. The topological polar surface area (TPSA) is 0 Å². The molecule has 0 spiro atoms. The van der Waals surface area contributed by atoms with Crippen LogP contribution in [0.15, 0.2) is 134 Å². The number of rotatable bonds is 6. The largest absolute Gasteiger partial charge is 0.126 e. The Labute approximate surface area is 168 Å². The van der Waals surface area contributed by atoms with Gasteiger partial charge in [-0.2, -0.15) is 0 Å². The Hall–Kier alpha value is -2.95. The molecular weight excluding hydrogens is 355 g/mol. The van der Waals surface area contributed by atoms with Crippen LogP contribution in [0, 0.1) is 0 Å². The van der Waals surface area contributed by atoms with Crippen LogP contribution in [0.25, 0.3) is 0 Å². The van der Waals surface area contributed by atoms with Crippen LogP contribution in [0.3, 0.4) is 0 Å². The fourth-order valence-electron chi connectivity index (χ4n) is 4.09. The number of hydrogen-bond acceptors (Lipinski definition) is 0. The normalized spacial score (nSPS) is 12.3. The molecule has 0 amide bonds. The zero-order valence-corrected chi connectivity index (χ0v) is 16.8. The molecule has 4 aromatic carbocycles. The Kier molecular flexibility index (Phi) is 5.51. The molecule has 0 N–H and O–H groups in total. The Bertz CT molecular complexity index is 912. The average Bonchev–Trinajstić information content (AvgIpc) is 2.80. The lowest BCUT2D eigenvalue weighted by Gasteiger charge is -2.33. The van der Waals surface area contributed by atoms with E-state index in [0.29, 0.717) is 0 Å². The Morgan fingerprint density at radius 2 is 0.821 bits per heavy atom. The second-order valence-corrected chi connectivity index (χ2v) is 10.4. The van der Waals surface area contributed by atoms with E-state index in [1.54, 1.807) is 0 Å². The van der Waals surface area contributed by atoms with Gasteiger partial charge in [-0.25, -0.2) is 0 Å². The molecule has 4 rings (SSSR count). The molecule has 1 unspecified atom stereocenters. The highest BCUT2D eigenvalue weighted by atomic mass is 31.2. The van der Waals surface area contributed by atoms with Crippen molar-refractivity contribution in [2.24, 2.45) is 0 Å². The Morgan fingerprint density at radius 1 is 0.500 bits per heavy atom. The van der Waals surface area contributed by atoms with Gasteiger partial charge in [0.2, 0.25) is 0 Å². The van der Waals surface area contributed by atoms with Crippen molar-refractivity contribution < 1.29 is 0 Å². The van der Waals surface area contributed by atoms with Crippen LogP contribution < -0.4 is 15.9 Å². The molecule has 4 aromatic rings. The zero-order valence-electron chi connectivity index (χ0n) is 15.9. The lowest BCUT2D eigenvalue weighted by Crippen LogP contribution is -2.34. The second-order valence-electron chi connectivity index (χ2n) is 6.82. The molecule has 0 aliphatic carbocycles. The lowest BCUT2D eigenvalue weighted by atomic mass is 10.1. The Balaban J connectivity index is 2.11. The number of hydrogen-bond donors (Lipinski definition) is 0. The van der Waals surface area contributed by atoms with Gasteiger partial charge in [0, 0.05) is 0 Å². The third kappa shape index (κ3) is 3.21. The average molecular weight is 379 g/mol. The van der Waals surface area contributed by atoms with Gasteiger partial charge in [-0.1, -0.05) is 91.5 Å². The molecule has 0 saturated heterocycles. The van der Waals surface area contributed by atoms with Gasteiger partial charge < -0.3 is 0 Å². The first-order valence-corrected chi connectivity index (χ1v) is 11.5. The van der Waals surface area contributed by atoms with E-state index in [4.69, 9.17) is 0 Å². The van der Waals surface area contributed by atoms with Crippen LogP contribution in [-0.4, -0.2) is 0 Å². The zero-order chi connectivity index (χ0) is 19.2. The molecule has 0 radical (unpaired) electrons. The van der Waals surface area contributed by atoms with Gasteiger partial charge in [0.05, 0.1) is 0 Å². The van der Waals surface area contributed by atoms with Gasteiger partial charge in [-0.3, -0.25) is 0 Å². The molecular formula is C27H24P+. The summed E-state index contributed by atoms with van der Waals surface area (Å²) in [5.41, 5.74) is 1.50. The fraction of sp³-hybridized carbons (Fsp3) is 0.0370.